The zero-order chi connectivity index (χ0) is 28.9. The van der Waals surface area contributed by atoms with Crippen molar-refractivity contribution in [3.63, 3.8) is 0 Å². The third kappa shape index (κ3) is 3.98. The summed E-state index contributed by atoms with van der Waals surface area (Å²) in [5.74, 6) is 0.626. The van der Waals surface area contributed by atoms with Crippen molar-refractivity contribution in [2.24, 2.45) is 28.6 Å². The van der Waals surface area contributed by atoms with E-state index in [1.165, 1.54) is 39.9 Å². The highest BCUT2D eigenvalue weighted by Crippen LogP contribution is 2.67. The van der Waals surface area contributed by atoms with E-state index >= 15 is 0 Å². The van der Waals surface area contributed by atoms with Gasteiger partial charge in [0.25, 0.3) is 0 Å². The van der Waals surface area contributed by atoms with Crippen LogP contribution in [-0.2, 0) is 16.8 Å². The number of allylic oxidation sites excluding steroid dienone is 1. The quantitative estimate of drug-likeness (QED) is 0.365. The Morgan fingerprint density at radius 2 is 2.07 bits per heavy atom. The lowest BCUT2D eigenvalue weighted by Gasteiger charge is -2.60. The van der Waals surface area contributed by atoms with E-state index in [-0.39, 0.29) is 40.2 Å². The first kappa shape index (κ1) is 27.7. The Labute approximate surface area is 249 Å². The molecule has 4 aliphatic rings. The number of hydrogen-bond donors (Lipinski definition) is 2. The summed E-state index contributed by atoms with van der Waals surface area (Å²) >= 11 is 2.87. The van der Waals surface area contributed by atoms with E-state index in [4.69, 9.17) is 5.10 Å². The number of pyridine rings is 1. The normalized spacial score (nSPS) is 36.3. The van der Waals surface area contributed by atoms with Crippen LogP contribution in [0.5, 0.6) is 0 Å². The van der Waals surface area contributed by atoms with Crippen LogP contribution in [0.2, 0.25) is 0 Å². The minimum atomic E-state index is -1.43. The van der Waals surface area contributed by atoms with Gasteiger partial charge in [0.1, 0.15) is 15.9 Å². The van der Waals surface area contributed by atoms with Crippen LogP contribution < -0.4 is 0 Å². The minimum absolute atomic E-state index is 0.0925. The summed E-state index contributed by atoms with van der Waals surface area (Å²) in [4.78, 5) is 23.6. The van der Waals surface area contributed by atoms with Crippen LogP contribution in [0.4, 0.5) is 0 Å². The van der Waals surface area contributed by atoms with Crippen LogP contribution in [0.25, 0.3) is 16.4 Å². The number of thiazole rings is 1. The Morgan fingerprint density at radius 1 is 1.27 bits per heavy atom. The van der Waals surface area contributed by atoms with Crippen molar-refractivity contribution in [1.82, 2.24) is 19.7 Å². The summed E-state index contributed by atoms with van der Waals surface area (Å²) < 4.78 is 2.94. The van der Waals surface area contributed by atoms with Gasteiger partial charge in [-0.2, -0.15) is 5.10 Å². The van der Waals surface area contributed by atoms with Crippen LogP contribution in [0.3, 0.4) is 0 Å². The van der Waals surface area contributed by atoms with Gasteiger partial charge in [0.2, 0.25) is 0 Å². The second-order valence-electron chi connectivity index (χ2n) is 14.3. The molecule has 3 aromatic heterocycles. The second kappa shape index (κ2) is 9.21. The lowest BCUT2D eigenvalue weighted by atomic mass is 9.45. The monoisotopic (exact) mass is 592 g/mol. The first-order chi connectivity index (χ1) is 19.3. The van der Waals surface area contributed by atoms with Crippen LogP contribution in [0.1, 0.15) is 78.0 Å². The lowest BCUT2D eigenvalue weighted by Crippen LogP contribution is -2.62. The zero-order valence-electron chi connectivity index (χ0n) is 24.6. The predicted molar refractivity (Wildman–Crippen MR) is 163 cm³/mol. The average molecular weight is 593 g/mol. The van der Waals surface area contributed by atoms with Gasteiger partial charge < -0.3 is 10.2 Å². The van der Waals surface area contributed by atoms with Gasteiger partial charge in [0.15, 0.2) is 10.1 Å². The maximum atomic E-state index is 13.8. The van der Waals surface area contributed by atoms with Crippen molar-refractivity contribution >= 4 is 45.3 Å². The number of carbonyl (C=O) groups excluding carboxylic acids is 1. The number of Topliss-reactive ketones (excluding diaryl/α,β-unsaturated/α-hetero) is 1. The number of thioether (sulfide) groups is 1. The molecule has 3 fully saturated rings. The van der Waals surface area contributed by atoms with E-state index in [0.29, 0.717) is 12.8 Å². The maximum Gasteiger partial charge on any atom is 0.175 e. The number of hydrogen-bond acceptors (Lipinski definition) is 8. The van der Waals surface area contributed by atoms with Gasteiger partial charge in [-0.3, -0.25) is 9.48 Å². The molecule has 3 heterocycles. The Morgan fingerprint density at radius 3 is 2.83 bits per heavy atom. The average Bonchev–Trinajstić information content (AvgIpc) is 3.59. The Hall–Kier alpha value is -2.07. The maximum absolute atomic E-state index is 13.8. The number of ketones is 1. The summed E-state index contributed by atoms with van der Waals surface area (Å²) in [5.41, 5.74) is 2.40. The highest BCUT2D eigenvalue weighted by Gasteiger charge is 2.68. The van der Waals surface area contributed by atoms with Crippen LogP contribution in [0.15, 0.2) is 34.4 Å². The molecule has 5 unspecified atom stereocenters. The van der Waals surface area contributed by atoms with Crippen molar-refractivity contribution in [1.29, 1.82) is 0 Å². The summed E-state index contributed by atoms with van der Waals surface area (Å²) in [6.45, 7) is 11.0. The molecule has 0 aromatic carbocycles. The molecule has 9 heteroatoms. The highest BCUT2D eigenvalue weighted by molar-refractivity contribution is 8.01. The number of carbonyl (C=O) groups is 1. The summed E-state index contributed by atoms with van der Waals surface area (Å²) in [5, 5.41) is 28.8. The number of aliphatic hydroxyl groups is 2. The molecule has 0 aliphatic heterocycles. The van der Waals surface area contributed by atoms with Crippen LogP contribution in [0, 0.1) is 28.6 Å². The first-order valence-corrected chi connectivity index (χ1v) is 16.7. The molecule has 0 amide bonds. The van der Waals surface area contributed by atoms with Gasteiger partial charge in [-0.25, -0.2) is 9.97 Å². The molecule has 218 valence electrons. The number of aromatic nitrogens is 4. The van der Waals surface area contributed by atoms with E-state index in [0.717, 1.165) is 40.4 Å². The largest absolute Gasteiger partial charge is 0.393 e. The second-order valence-corrected chi connectivity index (χ2v) is 16.5. The number of fused-ring (bicyclic) bond motifs is 7. The van der Waals surface area contributed by atoms with Gasteiger partial charge >= 0.3 is 0 Å². The molecule has 7 rings (SSSR count). The van der Waals surface area contributed by atoms with Crippen molar-refractivity contribution in [2.45, 2.75) is 94.7 Å². The lowest BCUT2D eigenvalue weighted by molar-refractivity contribution is -0.177. The molecule has 7 atom stereocenters. The van der Waals surface area contributed by atoms with Gasteiger partial charge in [0.05, 0.1) is 29.3 Å². The molecule has 4 aliphatic carbocycles. The van der Waals surface area contributed by atoms with E-state index in [1.54, 1.807) is 6.20 Å². The summed E-state index contributed by atoms with van der Waals surface area (Å²) in [6, 6.07) is 3.79. The van der Waals surface area contributed by atoms with Gasteiger partial charge in [-0.1, -0.05) is 42.5 Å². The number of aliphatic hydroxyl groups excluding tert-OH is 1. The van der Waals surface area contributed by atoms with E-state index < -0.39 is 17.1 Å². The third-order valence-electron chi connectivity index (χ3n) is 11.1. The van der Waals surface area contributed by atoms with Gasteiger partial charge in [-0.05, 0) is 106 Å². The fourth-order valence-corrected chi connectivity index (χ4v) is 11.2. The van der Waals surface area contributed by atoms with Crippen molar-refractivity contribution < 1.29 is 15.0 Å². The van der Waals surface area contributed by atoms with Crippen LogP contribution >= 0.6 is 23.1 Å². The van der Waals surface area contributed by atoms with Crippen molar-refractivity contribution in [3.8, 4) is 0 Å². The SMILES string of the molecule is CC12Cc3cnn(C(C)(C)C)c3C=C1CCC1C2[C@@H](O)CC2(C)C1CC[C@]2(O)C(=O)CSc1nc2cccnc2s1. The van der Waals surface area contributed by atoms with Crippen molar-refractivity contribution in [2.75, 3.05) is 5.75 Å². The smallest absolute Gasteiger partial charge is 0.175 e. The zero-order valence-corrected chi connectivity index (χ0v) is 26.2. The molecule has 2 N–H and O–H groups in total. The number of rotatable bonds is 4. The molecule has 0 spiro atoms. The predicted octanol–water partition coefficient (Wildman–Crippen LogP) is 5.89. The molecule has 41 heavy (non-hydrogen) atoms. The number of nitrogens with zero attached hydrogens (tertiary/aromatic N) is 4. The fourth-order valence-electron chi connectivity index (χ4n) is 9.24. The molecule has 3 aromatic rings. The van der Waals surface area contributed by atoms with Gasteiger partial charge in [-0.15, -0.1) is 0 Å². The molecule has 0 bridgehead atoms. The van der Waals surface area contributed by atoms with Gasteiger partial charge in [0, 0.05) is 11.6 Å². The molecule has 3 saturated carbocycles. The molecular weight excluding hydrogens is 553 g/mol. The van der Waals surface area contributed by atoms with Crippen molar-refractivity contribution in [3.05, 3.63) is 41.4 Å². The molecular formula is C32H40N4O3S2. The Kier molecular flexibility index (Phi) is 6.23. The van der Waals surface area contributed by atoms with E-state index in [2.05, 4.69) is 55.3 Å². The van der Waals surface area contributed by atoms with Crippen LogP contribution in [-0.4, -0.2) is 53.2 Å². The fraction of sp³-hybridized carbons (Fsp3) is 0.625. The molecule has 0 radical (unpaired) electrons. The standard InChI is InChI=1S/C32H40N4O3S2/c1-29(2,3)36-23-13-19-8-9-20-21-10-11-32(39,25(38)17-40-28-35-22-7-6-12-33-27(22)41-28)31(21,5)15-24(37)26(20)30(19,4)14-18(23)16-34-36/h6-7,12-13,16,20-21,24,26,37,39H,8-11,14-15,17H2,1-5H3/t20?,21?,24-,26?,30?,31?,32-/m0/s1. The summed E-state index contributed by atoms with van der Waals surface area (Å²) in [6.07, 6.45) is 10.1. The summed E-state index contributed by atoms with van der Waals surface area (Å²) in [7, 11) is 0. The molecule has 7 nitrogen and oxygen atoms in total. The van der Waals surface area contributed by atoms with E-state index in [9.17, 15) is 15.0 Å². The highest BCUT2D eigenvalue weighted by atomic mass is 32.2. The topological polar surface area (TPSA) is 101 Å². The Balaban J connectivity index is 1.14. The van der Waals surface area contributed by atoms with E-state index in [1.807, 2.05) is 18.3 Å². The minimum Gasteiger partial charge on any atom is -0.393 e. The molecule has 0 saturated heterocycles. The first-order valence-electron chi connectivity index (χ1n) is 14.9. The third-order valence-corrected chi connectivity index (χ3v) is 13.3. The Bertz CT molecular complexity index is 1540.